The molecule has 5 nitrogen and oxygen atoms in total. The summed E-state index contributed by atoms with van der Waals surface area (Å²) in [5.74, 6) is -0.364. The van der Waals surface area contributed by atoms with E-state index in [1.807, 2.05) is 17.5 Å². The first-order valence-corrected chi connectivity index (χ1v) is 9.25. The minimum atomic E-state index is -0.431. The number of hydrogen-bond donors (Lipinski definition) is 2. The van der Waals surface area contributed by atoms with Crippen molar-refractivity contribution >= 4 is 52.0 Å². The van der Waals surface area contributed by atoms with Crippen molar-refractivity contribution in [2.24, 2.45) is 0 Å². The molecule has 0 aliphatic heterocycles. The normalized spacial score (nSPS) is 12.0. The van der Waals surface area contributed by atoms with E-state index in [1.165, 1.54) is 0 Å². The van der Waals surface area contributed by atoms with Crippen molar-refractivity contribution in [3.63, 3.8) is 0 Å². The van der Waals surface area contributed by atoms with Gasteiger partial charge in [0.05, 0.1) is 29.2 Å². The number of carbonyl (C=O) groups is 2. The van der Waals surface area contributed by atoms with Crippen molar-refractivity contribution in [1.82, 2.24) is 10.2 Å². The van der Waals surface area contributed by atoms with E-state index in [2.05, 4.69) is 10.6 Å². The predicted molar refractivity (Wildman–Crippen MR) is 103 cm³/mol. The van der Waals surface area contributed by atoms with Crippen LogP contribution in [0.3, 0.4) is 0 Å². The highest BCUT2D eigenvalue weighted by Crippen LogP contribution is 2.24. The second-order valence-electron chi connectivity index (χ2n) is 5.57. The second kappa shape index (κ2) is 9.20. The summed E-state index contributed by atoms with van der Waals surface area (Å²) in [6.07, 6.45) is 0. The van der Waals surface area contributed by atoms with E-state index in [1.54, 1.807) is 48.4 Å². The van der Waals surface area contributed by atoms with Crippen molar-refractivity contribution in [1.29, 1.82) is 0 Å². The molecule has 0 saturated carbocycles. The van der Waals surface area contributed by atoms with Crippen LogP contribution in [0.4, 0.5) is 5.69 Å². The van der Waals surface area contributed by atoms with E-state index in [4.69, 9.17) is 23.2 Å². The lowest BCUT2D eigenvalue weighted by Crippen LogP contribution is -2.45. The fraction of sp³-hybridized carbons (Fsp3) is 0.294. The monoisotopic (exact) mass is 399 g/mol. The van der Waals surface area contributed by atoms with Crippen molar-refractivity contribution in [2.75, 3.05) is 18.9 Å². The zero-order valence-electron chi connectivity index (χ0n) is 13.9. The van der Waals surface area contributed by atoms with Gasteiger partial charge in [0.1, 0.15) is 0 Å². The first-order chi connectivity index (χ1) is 11.9. The number of amides is 2. The molecular weight excluding hydrogens is 381 g/mol. The molecule has 0 fully saturated rings. The predicted octanol–water partition coefficient (Wildman–Crippen LogP) is 3.63. The highest BCUT2D eigenvalue weighted by atomic mass is 35.5. The lowest BCUT2D eigenvalue weighted by Gasteiger charge is -2.23. The number of likely N-dealkylation sites (N-methyl/N-ethyl adjacent to an activating group) is 1. The molecule has 2 N–H and O–H groups in total. The fourth-order valence-electron chi connectivity index (χ4n) is 2.07. The van der Waals surface area contributed by atoms with Gasteiger partial charge in [0.25, 0.3) is 0 Å². The molecule has 134 valence electrons. The Bertz CT molecular complexity index is 737. The first-order valence-electron chi connectivity index (χ1n) is 7.62. The van der Waals surface area contributed by atoms with Gasteiger partial charge >= 0.3 is 0 Å². The van der Waals surface area contributed by atoms with Crippen LogP contribution in [0.25, 0.3) is 0 Å². The zero-order valence-corrected chi connectivity index (χ0v) is 16.2. The minimum Gasteiger partial charge on any atom is -0.350 e. The number of halogens is 2. The van der Waals surface area contributed by atoms with E-state index >= 15 is 0 Å². The molecule has 1 aromatic heterocycles. The molecule has 2 aromatic rings. The van der Waals surface area contributed by atoms with E-state index in [0.717, 1.165) is 4.88 Å². The van der Waals surface area contributed by atoms with Crippen LogP contribution >= 0.6 is 34.5 Å². The van der Waals surface area contributed by atoms with Gasteiger partial charge in [-0.25, -0.2) is 0 Å². The lowest BCUT2D eigenvalue weighted by molar-refractivity contribution is -0.126. The summed E-state index contributed by atoms with van der Waals surface area (Å²) in [4.78, 5) is 27.1. The smallest absolute Gasteiger partial charge is 0.238 e. The largest absolute Gasteiger partial charge is 0.350 e. The number of nitrogens with zero attached hydrogens (tertiary/aromatic N) is 1. The minimum absolute atomic E-state index is 0.0772. The summed E-state index contributed by atoms with van der Waals surface area (Å²) < 4.78 is 0. The van der Waals surface area contributed by atoms with E-state index in [-0.39, 0.29) is 18.4 Å². The Morgan fingerprint density at radius 3 is 2.64 bits per heavy atom. The first kappa shape index (κ1) is 19.7. The molecule has 0 saturated heterocycles. The number of thiophene rings is 1. The molecule has 1 atom stereocenters. The van der Waals surface area contributed by atoms with Crippen molar-refractivity contribution < 1.29 is 9.59 Å². The lowest BCUT2D eigenvalue weighted by atomic mass is 10.2. The molecule has 0 radical (unpaired) electrons. The SMILES string of the molecule is CC(C(=O)NCc1cccs1)N(C)CC(=O)Nc1ccc(Cl)c(Cl)c1. The highest BCUT2D eigenvalue weighted by Gasteiger charge is 2.20. The van der Waals surface area contributed by atoms with Crippen molar-refractivity contribution in [3.8, 4) is 0 Å². The summed E-state index contributed by atoms with van der Waals surface area (Å²) in [7, 11) is 1.73. The Hall–Kier alpha value is -1.60. The highest BCUT2D eigenvalue weighted by molar-refractivity contribution is 7.09. The van der Waals surface area contributed by atoms with Gasteiger partial charge in [0.15, 0.2) is 0 Å². The molecule has 0 aliphatic rings. The number of carbonyl (C=O) groups excluding carboxylic acids is 2. The summed E-state index contributed by atoms with van der Waals surface area (Å²) in [5, 5.41) is 8.36. The van der Waals surface area contributed by atoms with Crippen LogP contribution in [0.1, 0.15) is 11.8 Å². The van der Waals surface area contributed by atoms with Crippen molar-refractivity contribution in [3.05, 3.63) is 50.6 Å². The summed E-state index contributed by atoms with van der Waals surface area (Å²) in [6, 6.07) is 8.34. The third-order valence-corrected chi connectivity index (χ3v) is 5.27. The molecule has 25 heavy (non-hydrogen) atoms. The van der Waals surface area contributed by atoms with Gasteiger partial charge in [-0.2, -0.15) is 0 Å². The summed E-state index contributed by atoms with van der Waals surface area (Å²) in [5.41, 5.74) is 0.558. The quantitative estimate of drug-likeness (QED) is 0.746. The van der Waals surface area contributed by atoms with Gasteiger partial charge in [-0.1, -0.05) is 29.3 Å². The van der Waals surface area contributed by atoms with Gasteiger partial charge in [0, 0.05) is 10.6 Å². The maximum atomic E-state index is 12.2. The van der Waals surface area contributed by atoms with E-state index in [0.29, 0.717) is 22.3 Å². The molecule has 8 heteroatoms. The van der Waals surface area contributed by atoms with E-state index in [9.17, 15) is 9.59 Å². The van der Waals surface area contributed by atoms with E-state index < -0.39 is 6.04 Å². The third-order valence-electron chi connectivity index (χ3n) is 3.65. The molecule has 1 heterocycles. The standard InChI is InChI=1S/C17H19Cl2N3O2S/c1-11(17(24)20-9-13-4-3-7-25-13)22(2)10-16(23)21-12-5-6-14(18)15(19)8-12/h3-8,11H,9-10H2,1-2H3,(H,20,24)(H,21,23). The fourth-order valence-corrected chi connectivity index (χ4v) is 3.02. The second-order valence-corrected chi connectivity index (χ2v) is 7.41. The van der Waals surface area contributed by atoms with Crippen LogP contribution < -0.4 is 10.6 Å². The molecule has 2 amide bonds. The topological polar surface area (TPSA) is 61.4 Å². The number of anilines is 1. The van der Waals surface area contributed by atoms with Crippen LogP contribution in [-0.4, -0.2) is 36.3 Å². The molecule has 1 unspecified atom stereocenters. The molecule has 2 rings (SSSR count). The van der Waals surface area contributed by atoms with Gasteiger partial charge in [-0.15, -0.1) is 11.3 Å². The Labute approximate surface area is 160 Å². The van der Waals surface area contributed by atoms with Gasteiger partial charge in [0.2, 0.25) is 11.8 Å². The third kappa shape index (κ3) is 6.01. The van der Waals surface area contributed by atoms with Gasteiger partial charge in [-0.3, -0.25) is 14.5 Å². The molecular formula is C17H19Cl2N3O2S. The summed E-state index contributed by atoms with van der Waals surface area (Å²) >= 11 is 13.4. The van der Waals surface area contributed by atoms with Gasteiger partial charge in [-0.05, 0) is 43.6 Å². The van der Waals surface area contributed by atoms with Crippen LogP contribution in [0, 0.1) is 0 Å². The maximum absolute atomic E-state index is 12.2. The molecule has 0 aliphatic carbocycles. The maximum Gasteiger partial charge on any atom is 0.238 e. The summed E-state index contributed by atoms with van der Waals surface area (Å²) in [6.45, 7) is 2.33. The number of hydrogen-bond acceptors (Lipinski definition) is 4. The van der Waals surface area contributed by atoms with Crippen LogP contribution in [0.2, 0.25) is 10.0 Å². The average molecular weight is 400 g/mol. The number of benzene rings is 1. The molecule has 1 aromatic carbocycles. The number of rotatable bonds is 7. The Morgan fingerprint density at radius 2 is 2.00 bits per heavy atom. The van der Waals surface area contributed by atoms with Crippen molar-refractivity contribution in [2.45, 2.75) is 19.5 Å². The zero-order chi connectivity index (χ0) is 18.4. The Kier molecular flexibility index (Phi) is 7.25. The molecule has 0 spiro atoms. The number of nitrogens with one attached hydrogen (secondary N) is 2. The van der Waals surface area contributed by atoms with Crippen LogP contribution in [0.15, 0.2) is 35.7 Å². The van der Waals surface area contributed by atoms with Gasteiger partial charge < -0.3 is 10.6 Å². The average Bonchev–Trinajstić information content (AvgIpc) is 3.08. The Balaban J connectivity index is 1.82. The Morgan fingerprint density at radius 1 is 1.24 bits per heavy atom. The van der Waals surface area contributed by atoms with Crippen LogP contribution in [0.5, 0.6) is 0 Å². The molecule has 0 bridgehead atoms. The van der Waals surface area contributed by atoms with Crippen LogP contribution in [-0.2, 0) is 16.1 Å².